The minimum absolute atomic E-state index is 0.173. The second-order valence-electron chi connectivity index (χ2n) is 8.71. The first kappa shape index (κ1) is 24.1. The number of sulfone groups is 1. The molecule has 2 aromatic carbocycles. The molecule has 8 nitrogen and oxygen atoms in total. The van der Waals surface area contributed by atoms with Gasteiger partial charge in [-0.1, -0.05) is 18.2 Å². The third-order valence-corrected chi connectivity index (χ3v) is 7.56. The molecule has 0 atom stereocenters. The number of amides is 1. The van der Waals surface area contributed by atoms with Crippen molar-refractivity contribution >= 4 is 32.3 Å². The Hall–Kier alpha value is -3.04. The van der Waals surface area contributed by atoms with Crippen molar-refractivity contribution in [1.29, 1.82) is 0 Å². The molecule has 3 aromatic rings. The van der Waals surface area contributed by atoms with Gasteiger partial charge in [0.2, 0.25) is 0 Å². The van der Waals surface area contributed by atoms with Crippen molar-refractivity contribution < 1.29 is 17.9 Å². The monoisotopic (exact) mass is 482 g/mol. The summed E-state index contributed by atoms with van der Waals surface area (Å²) in [5.74, 6) is -0.00300. The second kappa shape index (κ2) is 10.1. The average Bonchev–Trinajstić information content (AvgIpc) is 2.84. The van der Waals surface area contributed by atoms with Gasteiger partial charge in [-0.25, -0.2) is 8.42 Å². The second-order valence-corrected chi connectivity index (χ2v) is 10.7. The van der Waals surface area contributed by atoms with Gasteiger partial charge in [-0.3, -0.25) is 4.79 Å². The molecule has 0 saturated carbocycles. The van der Waals surface area contributed by atoms with Gasteiger partial charge in [-0.2, -0.15) is 0 Å². The van der Waals surface area contributed by atoms with Gasteiger partial charge in [0.1, 0.15) is 0 Å². The van der Waals surface area contributed by atoms with E-state index in [1.165, 1.54) is 6.26 Å². The Morgan fingerprint density at radius 1 is 1.09 bits per heavy atom. The average molecular weight is 483 g/mol. The first-order valence-corrected chi connectivity index (χ1v) is 13.4. The zero-order chi connectivity index (χ0) is 24.3. The maximum atomic E-state index is 12.2. The molecule has 9 heteroatoms. The molecule has 1 fully saturated rings. The fourth-order valence-electron chi connectivity index (χ4n) is 4.46. The minimum atomic E-state index is -3.26. The SMILES string of the molecule is CCN(CCC1CCOCC1)c1c(C(N)=O)nnc2cc(-c3ccc(S(C)(=O)=O)cc3)ccc12. The van der Waals surface area contributed by atoms with Crippen LogP contribution in [0, 0.1) is 5.92 Å². The largest absolute Gasteiger partial charge is 0.381 e. The number of benzene rings is 2. The lowest BCUT2D eigenvalue weighted by molar-refractivity contribution is 0.0645. The molecule has 180 valence electrons. The first-order valence-electron chi connectivity index (χ1n) is 11.5. The molecule has 0 unspecified atom stereocenters. The fourth-order valence-corrected chi connectivity index (χ4v) is 5.09. The van der Waals surface area contributed by atoms with Gasteiger partial charge in [-0.05, 0) is 67.5 Å². The molecule has 2 N–H and O–H groups in total. The summed E-state index contributed by atoms with van der Waals surface area (Å²) in [7, 11) is -3.26. The highest BCUT2D eigenvalue weighted by Crippen LogP contribution is 2.32. The van der Waals surface area contributed by atoms with Crippen molar-refractivity contribution in [1.82, 2.24) is 10.2 Å². The van der Waals surface area contributed by atoms with Crippen LogP contribution in [0.5, 0.6) is 0 Å². The predicted molar refractivity (Wildman–Crippen MR) is 133 cm³/mol. The highest BCUT2D eigenvalue weighted by Gasteiger charge is 2.22. The molecule has 0 aliphatic carbocycles. The molecule has 4 rings (SSSR count). The standard InChI is InChI=1S/C25H30N4O4S/c1-3-29(13-10-17-11-14-33-15-12-17)24-21-9-6-19(16-22(21)27-28-23(24)25(26)30)18-4-7-20(8-5-18)34(2,31)32/h4-9,16-17H,3,10-15H2,1-2H3,(H2,26,30). The minimum Gasteiger partial charge on any atom is -0.381 e. The fraction of sp³-hybridized carbons (Fsp3) is 0.400. The molecule has 1 amide bonds. The maximum Gasteiger partial charge on any atom is 0.271 e. The van der Waals surface area contributed by atoms with Crippen molar-refractivity contribution in [3.8, 4) is 11.1 Å². The van der Waals surface area contributed by atoms with Gasteiger partial charge in [0.15, 0.2) is 15.5 Å². The van der Waals surface area contributed by atoms with E-state index in [-0.39, 0.29) is 10.6 Å². The maximum absolute atomic E-state index is 12.2. The lowest BCUT2D eigenvalue weighted by atomic mass is 9.96. The van der Waals surface area contributed by atoms with Crippen LogP contribution in [0.15, 0.2) is 47.4 Å². The topological polar surface area (TPSA) is 115 Å². The molecular weight excluding hydrogens is 452 g/mol. The van der Waals surface area contributed by atoms with E-state index in [4.69, 9.17) is 10.5 Å². The van der Waals surface area contributed by atoms with Gasteiger partial charge in [0.25, 0.3) is 5.91 Å². The number of rotatable bonds is 8. The number of ether oxygens (including phenoxy) is 1. The van der Waals surface area contributed by atoms with E-state index in [1.807, 2.05) is 18.2 Å². The van der Waals surface area contributed by atoms with E-state index in [1.54, 1.807) is 24.3 Å². The Balaban J connectivity index is 1.70. The summed E-state index contributed by atoms with van der Waals surface area (Å²) < 4.78 is 29.0. The Morgan fingerprint density at radius 3 is 2.38 bits per heavy atom. The van der Waals surface area contributed by atoms with E-state index < -0.39 is 15.7 Å². The Kier molecular flexibility index (Phi) is 7.13. The van der Waals surface area contributed by atoms with E-state index in [2.05, 4.69) is 22.0 Å². The molecule has 1 aliphatic heterocycles. The number of aromatic nitrogens is 2. The van der Waals surface area contributed by atoms with E-state index in [0.717, 1.165) is 55.5 Å². The number of primary amides is 1. The predicted octanol–water partition coefficient (Wildman–Crippen LogP) is 3.44. The van der Waals surface area contributed by atoms with Crippen LogP contribution in [-0.4, -0.2) is 57.1 Å². The number of fused-ring (bicyclic) bond motifs is 1. The Labute approximate surface area is 200 Å². The Morgan fingerprint density at radius 2 is 1.76 bits per heavy atom. The van der Waals surface area contributed by atoms with Crippen molar-refractivity contribution in [3.63, 3.8) is 0 Å². The van der Waals surface area contributed by atoms with Gasteiger partial charge < -0.3 is 15.4 Å². The number of nitrogens with zero attached hydrogens (tertiary/aromatic N) is 3. The molecule has 1 saturated heterocycles. The van der Waals surface area contributed by atoms with Crippen LogP contribution in [0.3, 0.4) is 0 Å². The number of hydrogen-bond acceptors (Lipinski definition) is 7. The molecule has 1 aromatic heterocycles. The van der Waals surface area contributed by atoms with Crippen LogP contribution in [0.2, 0.25) is 0 Å². The van der Waals surface area contributed by atoms with Gasteiger partial charge in [0, 0.05) is 37.9 Å². The molecule has 34 heavy (non-hydrogen) atoms. The number of nitrogens with two attached hydrogens (primary N) is 1. The summed E-state index contributed by atoms with van der Waals surface area (Å²) >= 11 is 0. The molecule has 0 spiro atoms. The van der Waals surface area contributed by atoms with Crippen molar-refractivity contribution in [3.05, 3.63) is 48.2 Å². The van der Waals surface area contributed by atoms with Crippen LogP contribution in [0.1, 0.15) is 36.7 Å². The first-order chi connectivity index (χ1) is 16.3. The molecule has 0 radical (unpaired) electrons. The third-order valence-electron chi connectivity index (χ3n) is 6.43. The summed E-state index contributed by atoms with van der Waals surface area (Å²) in [5.41, 5.74) is 8.95. The van der Waals surface area contributed by atoms with Crippen LogP contribution in [-0.2, 0) is 14.6 Å². The molecule has 1 aliphatic rings. The molecule has 2 heterocycles. The molecule has 0 bridgehead atoms. The smallest absolute Gasteiger partial charge is 0.271 e. The molecular formula is C25H30N4O4S. The lowest BCUT2D eigenvalue weighted by Crippen LogP contribution is -2.30. The highest BCUT2D eigenvalue weighted by atomic mass is 32.2. The highest BCUT2D eigenvalue weighted by molar-refractivity contribution is 7.90. The van der Waals surface area contributed by atoms with Gasteiger partial charge in [-0.15, -0.1) is 10.2 Å². The normalized spacial score (nSPS) is 14.9. The van der Waals surface area contributed by atoms with Crippen LogP contribution < -0.4 is 10.6 Å². The Bertz CT molecular complexity index is 1290. The number of anilines is 1. The van der Waals surface area contributed by atoms with Gasteiger partial charge >= 0.3 is 0 Å². The number of carbonyl (C=O) groups is 1. The van der Waals surface area contributed by atoms with Crippen LogP contribution in [0.4, 0.5) is 5.69 Å². The number of hydrogen-bond donors (Lipinski definition) is 1. The number of carbonyl (C=O) groups excluding carboxylic acids is 1. The summed E-state index contributed by atoms with van der Waals surface area (Å²) in [6.07, 6.45) is 4.30. The summed E-state index contributed by atoms with van der Waals surface area (Å²) in [6, 6.07) is 12.5. The zero-order valence-electron chi connectivity index (χ0n) is 19.5. The van der Waals surface area contributed by atoms with Gasteiger partial charge in [0.05, 0.1) is 16.1 Å². The summed E-state index contributed by atoms with van der Waals surface area (Å²) in [6.45, 7) is 5.16. The van der Waals surface area contributed by atoms with Crippen molar-refractivity contribution in [2.75, 3.05) is 37.5 Å². The van der Waals surface area contributed by atoms with E-state index >= 15 is 0 Å². The quantitative estimate of drug-likeness (QED) is 0.523. The summed E-state index contributed by atoms with van der Waals surface area (Å²) in [4.78, 5) is 14.7. The zero-order valence-corrected chi connectivity index (χ0v) is 20.3. The van der Waals surface area contributed by atoms with E-state index in [0.29, 0.717) is 23.7 Å². The van der Waals surface area contributed by atoms with Crippen LogP contribution >= 0.6 is 0 Å². The summed E-state index contributed by atoms with van der Waals surface area (Å²) in [5, 5.41) is 9.28. The van der Waals surface area contributed by atoms with E-state index in [9.17, 15) is 13.2 Å². The van der Waals surface area contributed by atoms with Crippen LogP contribution in [0.25, 0.3) is 22.0 Å². The van der Waals surface area contributed by atoms with Crippen molar-refractivity contribution in [2.45, 2.75) is 31.1 Å². The lowest BCUT2D eigenvalue weighted by Gasteiger charge is -2.29. The van der Waals surface area contributed by atoms with Crippen molar-refractivity contribution in [2.24, 2.45) is 11.7 Å². The third kappa shape index (κ3) is 5.20.